The summed E-state index contributed by atoms with van der Waals surface area (Å²) in [4.78, 5) is 22.9. The minimum atomic E-state index is -0.433. The molecule has 2 rings (SSSR count). The van der Waals surface area contributed by atoms with E-state index in [1.165, 1.54) is 12.8 Å². The molecule has 1 fully saturated rings. The number of hydrogen-bond donors (Lipinski definition) is 3. The number of nitrogens with two attached hydrogens (primary N) is 1. The van der Waals surface area contributed by atoms with Crippen molar-refractivity contribution in [1.82, 2.24) is 10.6 Å². The van der Waals surface area contributed by atoms with E-state index in [-0.39, 0.29) is 6.03 Å². The summed E-state index contributed by atoms with van der Waals surface area (Å²) in [5.74, 6) is 0.126. The average Bonchev–Trinajstić information content (AvgIpc) is 2.84. The Labute approximate surface area is 125 Å². The number of nitrogens with one attached hydrogen (secondary N) is 2. The molecule has 0 aromatic heterocycles. The molecule has 1 aromatic rings. The summed E-state index contributed by atoms with van der Waals surface area (Å²) in [7, 11) is 0. The van der Waals surface area contributed by atoms with E-state index in [4.69, 9.17) is 5.73 Å². The third-order valence-corrected chi connectivity index (χ3v) is 4.09. The second-order valence-electron chi connectivity index (χ2n) is 5.73. The van der Waals surface area contributed by atoms with Gasteiger partial charge in [-0.2, -0.15) is 0 Å². The lowest BCUT2D eigenvalue weighted by atomic mass is 10.1. The van der Waals surface area contributed by atoms with E-state index in [0.717, 1.165) is 12.0 Å². The van der Waals surface area contributed by atoms with Crippen LogP contribution < -0.4 is 16.4 Å². The normalized spacial score (nSPS) is 21.0. The number of carbonyl (C=O) groups excluding carboxylic acids is 2. The van der Waals surface area contributed by atoms with E-state index in [2.05, 4.69) is 17.6 Å². The molecule has 2 unspecified atom stereocenters. The Hall–Kier alpha value is -2.04. The van der Waals surface area contributed by atoms with E-state index in [9.17, 15) is 9.59 Å². The summed E-state index contributed by atoms with van der Waals surface area (Å²) in [5, 5.41) is 5.88. The fourth-order valence-electron chi connectivity index (χ4n) is 2.78. The van der Waals surface area contributed by atoms with Crippen molar-refractivity contribution in [3.05, 3.63) is 35.4 Å². The summed E-state index contributed by atoms with van der Waals surface area (Å²) >= 11 is 0. The molecule has 1 aromatic carbocycles. The van der Waals surface area contributed by atoms with Gasteiger partial charge in [-0.05, 0) is 42.9 Å². The van der Waals surface area contributed by atoms with Crippen LogP contribution in [0, 0.1) is 5.92 Å². The Morgan fingerprint density at radius 3 is 2.81 bits per heavy atom. The lowest BCUT2D eigenvalue weighted by Gasteiger charge is -2.17. The Bertz CT molecular complexity index is 516. The van der Waals surface area contributed by atoms with Crippen molar-refractivity contribution in [2.24, 2.45) is 11.7 Å². The quantitative estimate of drug-likeness (QED) is 0.772. The molecule has 1 saturated carbocycles. The van der Waals surface area contributed by atoms with Crippen LogP contribution in [0.5, 0.6) is 0 Å². The Morgan fingerprint density at radius 1 is 1.33 bits per heavy atom. The molecule has 2 atom stereocenters. The monoisotopic (exact) mass is 289 g/mol. The van der Waals surface area contributed by atoms with Crippen molar-refractivity contribution in [3.8, 4) is 0 Å². The predicted octanol–water partition coefficient (Wildman–Crippen LogP) is 1.82. The fraction of sp³-hybridized carbons (Fsp3) is 0.500. The zero-order valence-corrected chi connectivity index (χ0v) is 12.4. The molecule has 4 N–H and O–H groups in total. The van der Waals surface area contributed by atoms with E-state index in [1.807, 2.05) is 6.07 Å². The van der Waals surface area contributed by atoms with Crippen LogP contribution in [0.4, 0.5) is 4.79 Å². The van der Waals surface area contributed by atoms with Crippen LogP contribution in [-0.2, 0) is 6.42 Å². The van der Waals surface area contributed by atoms with Gasteiger partial charge in [-0.15, -0.1) is 0 Å². The number of benzene rings is 1. The van der Waals surface area contributed by atoms with Gasteiger partial charge in [-0.1, -0.05) is 25.5 Å². The van der Waals surface area contributed by atoms with Crippen LogP contribution >= 0.6 is 0 Å². The van der Waals surface area contributed by atoms with E-state index in [1.54, 1.807) is 18.2 Å². The first-order chi connectivity index (χ1) is 10.1. The van der Waals surface area contributed by atoms with Gasteiger partial charge in [-0.25, -0.2) is 4.79 Å². The smallest absolute Gasteiger partial charge is 0.315 e. The van der Waals surface area contributed by atoms with Crippen LogP contribution in [0.15, 0.2) is 24.3 Å². The molecule has 0 bridgehead atoms. The minimum absolute atomic E-state index is 0.111. The maximum absolute atomic E-state index is 11.8. The molecular formula is C16H23N3O2. The minimum Gasteiger partial charge on any atom is -0.366 e. The van der Waals surface area contributed by atoms with Gasteiger partial charge in [-0.3, -0.25) is 4.79 Å². The highest BCUT2D eigenvalue weighted by Crippen LogP contribution is 2.24. The fourth-order valence-corrected chi connectivity index (χ4v) is 2.78. The highest BCUT2D eigenvalue weighted by atomic mass is 16.2. The average molecular weight is 289 g/mol. The molecule has 0 radical (unpaired) electrons. The highest BCUT2D eigenvalue weighted by Gasteiger charge is 2.24. The topological polar surface area (TPSA) is 84.2 Å². The molecule has 5 nitrogen and oxygen atoms in total. The number of primary amides is 1. The molecule has 21 heavy (non-hydrogen) atoms. The van der Waals surface area contributed by atoms with E-state index < -0.39 is 5.91 Å². The molecule has 1 aliphatic carbocycles. The Morgan fingerprint density at radius 2 is 2.14 bits per heavy atom. The molecule has 0 spiro atoms. The Balaban J connectivity index is 1.75. The third-order valence-electron chi connectivity index (χ3n) is 4.09. The highest BCUT2D eigenvalue weighted by molar-refractivity contribution is 5.92. The van der Waals surface area contributed by atoms with Crippen molar-refractivity contribution < 1.29 is 9.59 Å². The summed E-state index contributed by atoms with van der Waals surface area (Å²) < 4.78 is 0. The van der Waals surface area contributed by atoms with E-state index in [0.29, 0.717) is 30.5 Å². The van der Waals surface area contributed by atoms with Crippen LogP contribution in [0.3, 0.4) is 0 Å². The van der Waals surface area contributed by atoms with Gasteiger partial charge in [0.2, 0.25) is 5.91 Å². The molecule has 0 heterocycles. The predicted molar refractivity (Wildman–Crippen MR) is 82.0 cm³/mol. The number of amides is 3. The first-order valence-corrected chi connectivity index (χ1v) is 7.49. The second kappa shape index (κ2) is 7.11. The number of hydrogen-bond acceptors (Lipinski definition) is 2. The maximum atomic E-state index is 11.8. The maximum Gasteiger partial charge on any atom is 0.315 e. The molecular weight excluding hydrogens is 266 g/mol. The van der Waals surface area contributed by atoms with Crippen molar-refractivity contribution in [2.45, 2.75) is 38.6 Å². The van der Waals surface area contributed by atoms with Crippen LogP contribution in [-0.4, -0.2) is 24.5 Å². The first kappa shape index (κ1) is 15.4. The first-order valence-electron chi connectivity index (χ1n) is 7.49. The lowest BCUT2D eigenvalue weighted by Crippen LogP contribution is -2.43. The van der Waals surface area contributed by atoms with Gasteiger partial charge in [0, 0.05) is 18.2 Å². The third kappa shape index (κ3) is 4.48. The molecule has 0 saturated heterocycles. The largest absolute Gasteiger partial charge is 0.366 e. The van der Waals surface area contributed by atoms with Crippen molar-refractivity contribution in [2.75, 3.05) is 6.54 Å². The van der Waals surface area contributed by atoms with Crippen LogP contribution in [0.2, 0.25) is 0 Å². The molecule has 0 aliphatic heterocycles. The van der Waals surface area contributed by atoms with Crippen LogP contribution in [0.25, 0.3) is 0 Å². The Kier molecular flexibility index (Phi) is 5.20. The van der Waals surface area contributed by atoms with E-state index >= 15 is 0 Å². The van der Waals surface area contributed by atoms with Gasteiger partial charge in [0.1, 0.15) is 0 Å². The van der Waals surface area contributed by atoms with Gasteiger partial charge in [0.05, 0.1) is 0 Å². The standard InChI is InChI=1S/C16H23N3O2/c1-11-4-2-7-14(11)19-16(21)18-9-8-12-5-3-6-13(10-12)15(17)20/h3,5-6,10-11,14H,2,4,7-9H2,1H3,(H2,17,20)(H2,18,19,21). The van der Waals surface area contributed by atoms with Gasteiger partial charge < -0.3 is 16.4 Å². The second-order valence-corrected chi connectivity index (χ2v) is 5.73. The molecule has 1 aliphatic rings. The zero-order valence-electron chi connectivity index (χ0n) is 12.4. The van der Waals surface area contributed by atoms with Crippen LogP contribution in [0.1, 0.15) is 42.1 Å². The molecule has 5 heteroatoms. The summed E-state index contributed by atoms with van der Waals surface area (Å²) in [5.41, 5.74) is 6.73. The number of urea groups is 1. The van der Waals surface area contributed by atoms with Crippen molar-refractivity contribution in [1.29, 1.82) is 0 Å². The lowest BCUT2D eigenvalue weighted by molar-refractivity contribution is 0.1000. The molecule has 3 amide bonds. The van der Waals surface area contributed by atoms with Crippen molar-refractivity contribution >= 4 is 11.9 Å². The summed E-state index contributed by atoms with van der Waals surface area (Å²) in [6.07, 6.45) is 4.11. The summed E-state index contributed by atoms with van der Waals surface area (Å²) in [6, 6.07) is 7.36. The van der Waals surface area contributed by atoms with Gasteiger partial charge in [0.15, 0.2) is 0 Å². The molecule has 114 valence electrons. The number of rotatable bonds is 5. The van der Waals surface area contributed by atoms with Crippen molar-refractivity contribution in [3.63, 3.8) is 0 Å². The van der Waals surface area contributed by atoms with Gasteiger partial charge in [0.25, 0.3) is 0 Å². The van der Waals surface area contributed by atoms with Gasteiger partial charge >= 0.3 is 6.03 Å². The summed E-state index contributed by atoms with van der Waals surface area (Å²) in [6.45, 7) is 2.71. The zero-order chi connectivity index (χ0) is 15.2. The SMILES string of the molecule is CC1CCCC1NC(=O)NCCc1cccc(C(N)=O)c1. The number of carbonyl (C=O) groups is 2.